The number of carbonyl (C=O) groups is 6. The van der Waals surface area contributed by atoms with Crippen LogP contribution in [0.2, 0.25) is 0 Å². The summed E-state index contributed by atoms with van der Waals surface area (Å²) < 4.78 is 31.1. The van der Waals surface area contributed by atoms with Gasteiger partial charge in [0.05, 0.1) is 13.1 Å². The Kier molecular flexibility index (Phi) is 16.8. The summed E-state index contributed by atoms with van der Waals surface area (Å²) in [6.07, 6.45) is -1.38. The van der Waals surface area contributed by atoms with Gasteiger partial charge in [-0.05, 0) is 91.6 Å². The largest absolute Gasteiger partial charge is 0.490 e. The molecule has 0 aliphatic rings. The second-order valence-corrected chi connectivity index (χ2v) is 13.4. The fourth-order valence-corrected chi connectivity index (χ4v) is 4.59. The van der Waals surface area contributed by atoms with Crippen LogP contribution in [0.1, 0.15) is 72.0 Å². The smallest absolute Gasteiger partial charge is 0.407 e. The van der Waals surface area contributed by atoms with Crippen molar-refractivity contribution in [3.05, 3.63) is 119 Å². The van der Waals surface area contributed by atoms with Gasteiger partial charge in [0.2, 0.25) is 0 Å². The van der Waals surface area contributed by atoms with Crippen LogP contribution in [0.3, 0.4) is 0 Å². The molecule has 0 aliphatic carbocycles. The SMILES string of the molecule is C=C(C)C(=O)OCCNC(=O)OCCOc1ccc(C(=O)c2cc(C(=O)c3ccc(OCCOC(=O)NCCOC(=O)C(=C)C)cc3)cc(C(C)(C)C)c2)cc1. The third kappa shape index (κ3) is 14.8. The van der Waals surface area contributed by atoms with Gasteiger partial charge in [0, 0.05) is 33.4 Å². The van der Waals surface area contributed by atoms with Gasteiger partial charge in [0.15, 0.2) is 11.6 Å². The molecule has 0 atom stereocenters. The summed E-state index contributed by atoms with van der Waals surface area (Å²) in [5, 5.41) is 4.91. The lowest BCUT2D eigenvalue weighted by molar-refractivity contribution is -0.139. The fraction of sp³-hybridized carbons (Fsp3) is 0.333. The Hall–Kier alpha value is -6.44. The molecule has 0 saturated heterocycles. The maximum Gasteiger partial charge on any atom is 0.407 e. The van der Waals surface area contributed by atoms with Crippen molar-refractivity contribution in [1.82, 2.24) is 10.6 Å². The highest BCUT2D eigenvalue weighted by atomic mass is 16.6. The van der Waals surface area contributed by atoms with E-state index < -0.39 is 24.1 Å². The summed E-state index contributed by atoms with van der Waals surface area (Å²) in [5.74, 6) is -0.739. The van der Waals surface area contributed by atoms with Crippen LogP contribution < -0.4 is 20.1 Å². The lowest BCUT2D eigenvalue weighted by Crippen LogP contribution is -2.29. The number of ether oxygens (including phenoxy) is 6. The predicted octanol–water partition coefficient (Wildman–Crippen LogP) is 5.89. The van der Waals surface area contributed by atoms with E-state index in [0.29, 0.717) is 33.8 Å². The van der Waals surface area contributed by atoms with Gasteiger partial charge in [-0.1, -0.05) is 33.9 Å². The molecule has 298 valence electrons. The molecule has 0 unspecified atom stereocenters. The van der Waals surface area contributed by atoms with Crippen LogP contribution in [-0.2, 0) is 34.0 Å². The Morgan fingerprint density at radius 2 is 0.893 bits per heavy atom. The average Bonchev–Trinajstić information content (AvgIpc) is 3.17. The first-order chi connectivity index (χ1) is 26.5. The molecule has 14 nitrogen and oxygen atoms in total. The molecule has 56 heavy (non-hydrogen) atoms. The van der Waals surface area contributed by atoms with Crippen LogP contribution in [-0.4, -0.2) is 88.4 Å². The van der Waals surface area contributed by atoms with Crippen LogP contribution >= 0.6 is 0 Å². The first-order valence-electron chi connectivity index (χ1n) is 17.7. The van der Waals surface area contributed by atoms with E-state index in [1.807, 2.05) is 20.8 Å². The van der Waals surface area contributed by atoms with Crippen molar-refractivity contribution < 1.29 is 57.2 Å². The lowest BCUT2D eigenvalue weighted by Gasteiger charge is -2.21. The van der Waals surface area contributed by atoms with Gasteiger partial charge in [-0.3, -0.25) is 9.59 Å². The number of alkyl carbamates (subject to hydrolysis) is 2. The van der Waals surface area contributed by atoms with Gasteiger partial charge >= 0.3 is 24.1 Å². The Labute approximate surface area is 326 Å². The summed E-state index contributed by atoms with van der Waals surface area (Å²) in [7, 11) is 0. The summed E-state index contributed by atoms with van der Waals surface area (Å²) in [5.41, 5.74) is 2.43. The molecule has 2 amide bonds. The number of amides is 2. The summed E-state index contributed by atoms with van der Waals surface area (Å²) >= 11 is 0. The first-order valence-corrected chi connectivity index (χ1v) is 17.7. The predicted molar refractivity (Wildman–Crippen MR) is 206 cm³/mol. The van der Waals surface area contributed by atoms with Gasteiger partial charge in [-0.25, -0.2) is 19.2 Å². The molecule has 3 aromatic carbocycles. The third-order valence-electron chi connectivity index (χ3n) is 7.63. The molecule has 0 heterocycles. The molecule has 2 N–H and O–H groups in total. The third-order valence-corrected chi connectivity index (χ3v) is 7.63. The molecule has 0 aromatic heterocycles. The summed E-state index contributed by atoms with van der Waals surface area (Å²) in [6.45, 7) is 16.1. The highest BCUT2D eigenvalue weighted by Crippen LogP contribution is 2.28. The van der Waals surface area contributed by atoms with Crippen molar-refractivity contribution in [3.63, 3.8) is 0 Å². The maximum atomic E-state index is 13.7. The van der Waals surface area contributed by atoms with E-state index in [2.05, 4.69) is 23.8 Å². The molecule has 0 spiro atoms. The van der Waals surface area contributed by atoms with E-state index >= 15 is 0 Å². The molecule has 3 rings (SSSR count). The summed E-state index contributed by atoms with van der Waals surface area (Å²) in [4.78, 5) is 73.7. The zero-order chi connectivity index (χ0) is 41.3. The Morgan fingerprint density at radius 3 is 1.23 bits per heavy atom. The summed E-state index contributed by atoms with van der Waals surface area (Å²) in [6, 6.07) is 18.1. The van der Waals surface area contributed by atoms with Gasteiger partial charge in [-0.15, -0.1) is 0 Å². The van der Waals surface area contributed by atoms with E-state index in [4.69, 9.17) is 28.4 Å². The van der Waals surface area contributed by atoms with Crippen molar-refractivity contribution >= 4 is 35.7 Å². The molecule has 0 fully saturated rings. The Morgan fingerprint density at radius 1 is 0.518 bits per heavy atom. The van der Waals surface area contributed by atoms with E-state index in [9.17, 15) is 28.8 Å². The molecule has 14 heteroatoms. The number of nitrogens with one attached hydrogen (secondary N) is 2. The van der Waals surface area contributed by atoms with Crippen LogP contribution in [0, 0.1) is 0 Å². The van der Waals surface area contributed by atoms with Crippen LogP contribution in [0.5, 0.6) is 11.5 Å². The quantitative estimate of drug-likeness (QED) is 0.0457. The normalized spacial score (nSPS) is 10.7. The van der Waals surface area contributed by atoms with Gasteiger partial charge in [-0.2, -0.15) is 0 Å². The number of esters is 2. The van der Waals surface area contributed by atoms with E-state index in [-0.39, 0.29) is 80.9 Å². The van der Waals surface area contributed by atoms with Crippen molar-refractivity contribution in [2.75, 3.05) is 52.7 Å². The van der Waals surface area contributed by atoms with E-state index in [0.717, 1.165) is 5.56 Å². The van der Waals surface area contributed by atoms with Crippen molar-refractivity contribution in [3.8, 4) is 11.5 Å². The van der Waals surface area contributed by atoms with Gasteiger partial charge in [0.25, 0.3) is 0 Å². The molecule has 0 bridgehead atoms. The minimum Gasteiger partial charge on any atom is -0.490 e. The van der Waals surface area contributed by atoms with Gasteiger partial charge in [0.1, 0.15) is 51.1 Å². The Balaban J connectivity index is 1.52. The highest BCUT2D eigenvalue weighted by molar-refractivity contribution is 6.13. The molecule has 0 saturated carbocycles. The molecular formula is C42H48N2O12. The van der Waals surface area contributed by atoms with Crippen molar-refractivity contribution in [2.24, 2.45) is 0 Å². The zero-order valence-electron chi connectivity index (χ0n) is 32.3. The number of benzene rings is 3. The number of hydrogen-bond donors (Lipinski definition) is 2. The minimum absolute atomic E-state index is 0.0181. The van der Waals surface area contributed by atoms with Crippen LogP contribution in [0.25, 0.3) is 0 Å². The van der Waals surface area contributed by atoms with E-state index in [1.165, 1.54) is 13.8 Å². The molecular weight excluding hydrogens is 724 g/mol. The first kappa shape index (κ1) is 44.0. The second-order valence-electron chi connectivity index (χ2n) is 13.4. The highest BCUT2D eigenvalue weighted by Gasteiger charge is 2.21. The number of rotatable bonds is 20. The Bertz CT molecular complexity index is 1770. The lowest BCUT2D eigenvalue weighted by atomic mass is 9.83. The van der Waals surface area contributed by atoms with Crippen molar-refractivity contribution in [2.45, 2.75) is 40.0 Å². The maximum absolute atomic E-state index is 13.7. The monoisotopic (exact) mass is 772 g/mol. The van der Waals surface area contributed by atoms with E-state index in [1.54, 1.807) is 66.7 Å². The second kappa shape index (κ2) is 21.4. The molecule has 0 radical (unpaired) electrons. The van der Waals surface area contributed by atoms with Gasteiger partial charge < -0.3 is 39.1 Å². The number of hydrogen-bond acceptors (Lipinski definition) is 12. The standard InChI is InChI=1S/C42H48N2O12/c1-27(2)38(47)53-18-16-43-40(49)55-22-20-51-34-12-8-29(9-13-34)36(45)31-24-32(26-33(25-31)42(5,6)7)37(46)30-10-14-35(15-11-30)52-21-23-56-41(50)44-17-19-54-39(48)28(3)4/h8-15,24-26H,1,3,16-23H2,2,4-7H3,(H,43,49)(H,44,50). The van der Waals surface area contributed by atoms with Crippen LogP contribution in [0.15, 0.2) is 91.0 Å². The van der Waals surface area contributed by atoms with Crippen LogP contribution in [0.4, 0.5) is 9.59 Å². The number of ketones is 2. The molecule has 3 aromatic rings. The minimum atomic E-state index is -0.691. The number of carbonyl (C=O) groups excluding carboxylic acids is 6. The van der Waals surface area contributed by atoms with Crippen molar-refractivity contribution in [1.29, 1.82) is 0 Å². The topological polar surface area (TPSA) is 182 Å². The average molecular weight is 773 g/mol. The zero-order valence-corrected chi connectivity index (χ0v) is 32.3. The molecule has 0 aliphatic heterocycles. The fourth-order valence-electron chi connectivity index (χ4n) is 4.59.